The summed E-state index contributed by atoms with van der Waals surface area (Å²) in [6, 6.07) is 4.09. The van der Waals surface area contributed by atoms with Crippen molar-refractivity contribution in [2.75, 3.05) is 13.6 Å². The van der Waals surface area contributed by atoms with Crippen molar-refractivity contribution in [3.63, 3.8) is 0 Å². The van der Waals surface area contributed by atoms with Gasteiger partial charge in [0.25, 0.3) is 0 Å². The topological polar surface area (TPSA) is 12.0 Å². The van der Waals surface area contributed by atoms with Gasteiger partial charge in [-0.3, -0.25) is 0 Å². The maximum atomic E-state index is 5.81. The van der Waals surface area contributed by atoms with E-state index in [-0.39, 0.29) is 0 Å². The third-order valence-corrected chi connectivity index (χ3v) is 3.02. The molecular weight excluding hydrogens is 190 g/mol. The predicted molar refractivity (Wildman–Crippen MR) is 56.2 cm³/mol. The lowest BCUT2D eigenvalue weighted by molar-refractivity contribution is 0.680. The number of aryl methyl sites for hydroxylation is 1. The van der Waals surface area contributed by atoms with E-state index in [0.29, 0.717) is 0 Å². The molecule has 0 aliphatic heterocycles. The average Bonchev–Trinajstić information content (AvgIpc) is 2.45. The summed E-state index contributed by atoms with van der Waals surface area (Å²) in [5.74, 6) is 0. The monoisotopic (exact) mass is 203 g/mol. The van der Waals surface area contributed by atoms with Gasteiger partial charge in [0.15, 0.2) is 0 Å². The first kappa shape index (κ1) is 10.0. The summed E-state index contributed by atoms with van der Waals surface area (Å²) >= 11 is 7.50. The lowest BCUT2D eigenvalue weighted by atomic mass is 10.2. The summed E-state index contributed by atoms with van der Waals surface area (Å²) in [6.45, 7) is 1.11. The minimum absolute atomic E-state index is 0.901. The molecule has 3 heteroatoms. The molecule has 1 heterocycles. The molecule has 12 heavy (non-hydrogen) atoms. The molecule has 0 radical (unpaired) electrons. The van der Waals surface area contributed by atoms with Gasteiger partial charge in [-0.25, -0.2) is 0 Å². The van der Waals surface area contributed by atoms with E-state index >= 15 is 0 Å². The van der Waals surface area contributed by atoms with Crippen LogP contribution in [0.5, 0.6) is 0 Å². The van der Waals surface area contributed by atoms with Crippen molar-refractivity contribution in [2.24, 2.45) is 0 Å². The van der Waals surface area contributed by atoms with Crippen LogP contribution in [-0.2, 0) is 6.42 Å². The molecule has 0 unspecified atom stereocenters. The molecule has 1 aromatic rings. The number of unbranched alkanes of at least 4 members (excludes halogenated alkanes) is 1. The van der Waals surface area contributed by atoms with Crippen LogP contribution >= 0.6 is 22.9 Å². The molecule has 0 atom stereocenters. The lowest BCUT2D eigenvalue weighted by Crippen LogP contribution is -2.07. The fourth-order valence-corrected chi connectivity index (χ4v) is 2.22. The molecule has 0 spiro atoms. The molecule has 68 valence electrons. The Hall–Kier alpha value is -0.0500. The normalized spacial score (nSPS) is 10.5. The van der Waals surface area contributed by atoms with Crippen molar-refractivity contribution in [1.82, 2.24) is 5.32 Å². The van der Waals surface area contributed by atoms with Crippen LogP contribution in [0.1, 0.15) is 17.7 Å². The van der Waals surface area contributed by atoms with Gasteiger partial charge in [-0.2, -0.15) is 0 Å². The molecule has 0 aromatic carbocycles. The summed E-state index contributed by atoms with van der Waals surface area (Å²) in [5, 5.41) is 3.14. The summed E-state index contributed by atoms with van der Waals surface area (Å²) in [7, 11) is 1.99. The van der Waals surface area contributed by atoms with Crippen molar-refractivity contribution in [1.29, 1.82) is 0 Å². The molecule has 0 aliphatic carbocycles. The number of hydrogen-bond acceptors (Lipinski definition) is 2. The Morgan fingerprint density at radius 1 is 1.42 bits per heavy atom. The Morgan fingerprint density at radius 2 is 2.25 bits per heavy atom. The molecule has 0 bridgehead atoms. The fraction of sp³-hybridized carbons (Fsp3) is 0.556. The Bertz CT molecular complexity index is 222. The van der Waals surface area contributed by atoms with Crippen LogP contribution in [0.3, 0.4) is 0 Å². The molecule has 0 aliphatic rings. The van der Waals surface area contributed by atoms with Crippen LogP contribution in [0.2, 0.25) is 4.34 Å². The lowest BCUT2D eigenvalue weighted by Gasteiger charge is -1.97. The van der Waals surface area contributed by atoms with Gasteiger partial charge in [-0.1, -0.05) is 11.6 Å². The highest BCUT2D eigenvalue weighted by molar-refractivity contribution is 7.16. The van der Waals surface area contributed by atoms with E-state index in [2.05, 4.69) is 11.4 Å². The standard InChI is InChI=1S/C9H14ClNS/c1-11-7-3-2-4-8-5-6-9(10)12-8/h5-6,11H,2-4,7H2,1H3. The Balaban J connectivity index is 2.15. The Labute approximate surface area is 82.7 Å². The molecule has 1 nitrogen and oxygen atoms in total. The molecule has 0 amide bonds. The number of hydrogen-bond donors (Lipinski definition) is 1. The highest BCUT2D eigenvalue weighted by atomic mass is 35.5. The van der Waals surface area contributed by atoms with E-state index < -0.39 is 0 Å². The van der Waals surface area contributed by atoms with E-state index in [1.807, 2.05) is 13.1 Å². The smallest absolute Gasteiger partial charge is 0.0931 e. The van der Waals surface area contributed by atoms with Crippen molar-refractivity contribution < 1.29 is 0 Å². The summed E-state index contributed by atoms with van der Waals surface area (Å²) < 4.78 is 0.901. The van der Waals surface area contributed by atoms with E-state index in [4.69, 9.17) is 11.6 Å². The second kappa shape index (κ2) is 5.57. The van der Waals surface area contributed by atoms with Crippen molar-refractivity contribution in [3.8, 4) is 0 Å². The zero-order valence-corrected chi connectivity index (χ0v) is 8.84. The zero-order chi connectivity index (χ0) is 8.81. The van der Waals surface area contributed by atoms with Crippen LogP contribution in [0, 0.1) is 0 Å². The van der Waals surface area contributed by atoms with E-state index in [1.54, 1.807) is 11.3 Å². The summed E-state index contributed by atoms with van der Waals surface area (Å²) in [5.41, 5.74) is 0. The molecule has 1 N–H and O–H groups in total. The van der Waals surface area contributed by atoms with Gasteiger partial charge in [0.05, 0.1) is 4.34 Å². The minimum atomic E-state index is 0.901. The van der Waals surface area contributed by atoms with Crippen molar-refractivity contribution in [2.45, 2.75) is 19.3 Å². The largest absolute Gasteiger partial charge is 0.320 e. The van der Waals surface area contributed by atoms with E-state index in [0.717, 1.165) is 10.9 Å². The van der Waals surface area contributed by atoms with Crippen LogP contribution in [0.25, 0.3) is 0 Å². The molecule has 1 aromatic heterocycles. The second-order valence-corrected chi connectivity index (χ2v) is 4.57. The summed E-state index contributed by atoms with van der Waals surface area (Å²) in [4.78, 5) is 1.40. The minimum Gasteiger partial charge on any atom is -0.320 e. The van der Waals surface area contributed by atoms with Crippen molar-refractivity contribution in [3.05, 3.63) is 21.3 Å². The maximum absolute atomic E-state index is 5.81. The van der Waals surface area contributed by atoms with Crippen LogP contribution in [0.4, 0.5) is 0 Å². The molecular formula is C9H14ClNS. The Kier molecular flexibility index (Phi) is 4.66. The van der Waals surface area contributed by atoms with Gasteiger partial charge < -0.3 is 5.32 Å². The van der Waals surface area contributed by atoms with Crippen LogP contribution in [-0.4, -0.2) is 13.6 Å². The quantitative estimate of drug-likeness (QED) is 0.726. The van der Waals surface area contributed by atoms with Gasteiger partial charge in [0.1, 0.15) is 0 Å². The number of halogens is 1. The molecule has 0 fully saturated rings. The highest BCUT2D eigenvalue weighted by Crippen LogP contribution is 2.22. The number of nitrogens with one attached hydrogen (secondary N) is 1. The molecule has 0 saturated carbocycles. The number of rotatable bonds is 5. The SMILES string of the molecule is CNCCCCc1ccc(Cl)s1. The Morgan fingerprint density at radius 3 is 2.83 bits per heavy atom. The van der Waals surface area contributed by atoms with Gasteiger partial charge in [-0.05, 0) is 45.0 Å². The third kappa shape index (κ3) is 3.57. The molecule has 1 rings (SSSR count). The van der Waals surface area contributed by atoms with E-state index in [9.17, 15) is 0 Å². The highest BCUT2D eigenvalue weighted by Gasteiger charge is 1.96. The van der Waals surface area contributed by atoms with Gasteiger partial charge in [0, 0.05) is 4.88 Å². The number of thiophene rings is 1. The fourth-order valence-electron chi connectivity index (χ4n) is 1.09. The first-order chi connectivity index (χ1) is 5.83. The maximum Gasteiger partial charge on any atom is 0.0931 e. The van der Waals surface area contributed by atoms with Crippen LogP contribution < -0.4 is 5.32 Å². The molecule has 0 saturated heterocycles. The van der Waals surface area contributed by atoms with E-state index in [1.165, 1.54) is 24.1 Å². The zero-order valence-electron chi connectivity index (χ0n) is 7.27. The summed E-state index contributed by atoms with van der Waals surface area (Å²) in [6.07, 6.45) is 3.66. The van der Waals surface area contributed by atoms with Crippen LogP contribution in [0.15, 0.2) is 12.1 Å². The predicted octanol–water partition coefficient (Wildman–Crippen LogP) is 2.94. The van der Waals surface area contributed by atoms with Gasteiger partial charge in [-0.15, -0.1) is 11.3 Å². The van der Waals surface area contributed by atoms with Gasteiger partial charge in [0.2, 0.25) is 0 Å². The second-order valence-electron chi connectivity index (χ2n) is 2.77. The van der Waals surface area contributed by atoms with Crippen molar-refractivity contribution >= 4 is 22.9 Å². The average molecular weight is 204 g/mol. The third-order valence-electron chi connectivity index (χ3n) is 1.73. The first-order valence-corrected chi connectivity index (χ1v) is 5.41. The first-order valence-electron chi connectivity index (χ1n) is 4.22. The van der Waals surface area contributed by atoms with Gasteiger partial charge >= 0.3 is 0 Å².